The van der Waals surface area contributed by atoms with Crippen LogP contribution < -0.4 is 4.74 Å². The van der Waals surface area contributed by atoms with Gasteiger partial charge in [-0.1, -0.05) is 72.6 Å². The summed E-state index contributed by atoms with van der Waals surface area (Å²) >= 11 is 3.51. The number of hydrogen-bond acceptors (Lipinski definition) is 1. The van der Waals surface area contributed by atoms with Gasteiger partial charge >= 0.3 is 0 Å². The molecule has 0 N–H and O–H groups in total. The first-order valence-corrected chi connectivity index (χ1v) is 7.97. The molecule has 2 aromatic rings. The molecule has 0 spiro atoms. The second kappa shape index (κ2) is 6.01. The summed E-state index contributed by atoms with van der Waals surface area (Å²) in [7, 11) is 0. The van der Waals surface area contributed by atoms with Gasteiger partial charge in [0, 0.05) is 16.5 Å². The molecule has 0 atom stereocenters. The Balaban J connectivity index is 2.44. The lowest BCUT2D eigenvalue weighted by Gasteiger charge is -2.23. The lowest BCUT2D eigenvalue weighted by Crippen LogP contribution is -2.13. The van der Waals surface area contributed by atoms with Gasteiger partial charge in [0.15, 0.2) is 0 Å². The van der Waals surface area contributed by atoms with Crippen LogP contribution in [0.4, 0.5) is 0 Å². The quantitative estimate of drug-likeness (QED) is 0.628. The van der Waals surface area contributed by atoms with E-state index in [2.05, 4.69) is 67.9 Å². The maximum atomic E-state index is 6.18. The van der Waals surface area contributed by atoms with Crippen molar-refractivity contribution in [2.24, 2.45) is 0 Å². The lowest BCUT2D eigenvalue weighted by atomic mass is 9.85. The van der Waals surface area contributed by atoms with Gasteiger partial charge in [0.25, 0.3) is 0 Å². The van der Waals surface area contributed by atoms with E-state index in [-0.39, 0.29) is 5.41 Å². The minimum atomic E-state index is 0.0602. The van der Waals surface area contributed by atoms with Gasteiger partial charge in [-0.15, -0.1) is 0 Å². The fourth-order valence-corrected chi connectivity index (χ4v) is 2.61. The van der Waals surface area contributed by atoms with Crippen LogP contribution in [0.3, 0.4) is 0 Å². The molecular formula is C18H21BrO. The standard InChI is InChI=1S/C18H21BrO/c1-13-9-10-17(15(11-13)18(2,3)4)20-16-8-6-5-7-14(16)12-19/h5-11H,12H2,1-4H3. The monoisotopic (exact) mass is 332 g/mol. The zero-order chi connectivity index (χ0) is 14.8. The van der Waals surface area contributed by atoms with Crippen molar-refractivity contribution in [1.82, 2.24) is 0 Å². The van der Waals surface area contributed by atoms with Crippen molar-refractivity contribution in [3.05, 3.63) is 59.2 Å². The van der Waals surface area contributed by atoms with E-state index < -0.39 is 0 Å². The number of halogens is 1. The number of aryl methyl sites for hydroxylation is 1. The third-order valence-electron chi connectivity index (χ3n) is 3.28. The predicted molar refractivity (Wildman–Crippen MR) is 89.0 cm³/mol. The molecule has 0 unspecified atom stereocenters. The van der Waals surface area contributed by atoms with Gasteiger partial charge in [-0.05, 0) is 24.5 Å². The largest absolute Gasteiger partial charge is 0.457 e. The van der Waals surface area contributed by atoms with Crippen LogP contribution >= 0.6 is 15.9 Å². The Labute approximate surface area is 130 Å². The molecule has 0 aliphatic rings. The first-order valence-electron chi connectivity index (χ1n) is 6.84. The molecule has 0 aliphatic carbocycles. The second-order valence-corrected chi connectivity index (χ2v) is 6.65. The van der Waals surface area contributed by atoms with Gasteiger partial charge in [0.2, 0.25) is 0 Å². The summed E-state index contributed by atoms with van der Waals surface area (Å²) in [6, 6.07) is 14.5. The van der Waals surface area contributed by atoms with E-state index in [1.165, 1.54) is 11.1 Å². The van der Waals surface area contributed by atoms with Crippen molar-refractivity contribution >= 4 is 15.9 Å². The van der Waals surface area contributed by atoms with Crippen molar-refractivity contribution in [2.45, 2.75) is 38.4 Å². The Morgan fingerprint density at radius 1 is 1.00 bits per heavy atom. The number of ether oxygens (including phenoxy) is 1. The minimum Gasteiger partial charge on any atom is -0.457 e. The van der Waals surface area contributed by atoms with Crippen LogP contribution in [0.25, 0.3) is 0 Å². The molecule has 0 heterocycles. The summed E-state index contributed by atoms with van der Waals surface area (Å²) in [5.74, 6) is 1.86. The van der Waals surface area contributed by atoms with E-state index in [0.29, 0.717) is 0 Å². The van der Waals surface area contributed by atoms with Crippen LogP contribution in [0, 0.1) is 6.92 Å². The van der Waals surface area contributed by atoms with Crippen LogP contribution in [-0.2, 0) is 10.7 Å². The van der Waals surface area contributed by atoms with Gasteiger partial charge in [0.05, 0.1) is 0 Å². The molecule has 1 nitrogen and oxygen atoms in total. The number of para-hydroxylation sites is 1. The van der Waals surface area contributed by atoms with E-state index in [9.17, 15) is 0 Å². The van der Waals surface area contributed by atoms with Gasteiger partial charge in [-0.2, -0.15) is 0 Å². The zero-order valence-corrected chi connectivity index (χ0v) is 14.1. The Morgan fingerprint density at radius 3 is 2.35 bits per heavy atom. The van der Waals surface area contributed by atoms with E-state index >= 15 is 0 Å². The van der Waals surface area contributed by atoms with E-state index in [1.54, 1.807) is 0 Å². The lowest BCUT2D eigenvalue weighted by molar-refractivity contribution is 0.452. The maximum Gasteiger partial charge on any atom is 0.131 e. The highest BCUT2D eigenvalue weighted by atomic mass is 79.9. The fourth-order valence-electron chi connectivity index (χ4n) is 2.15. The van der Waals surface area contributed by atoms with Gasteiger partial charge in [-0.3, -0.25) is 0 Å². The summed E-state index contributed by atoms with van der Waals surface area (Å²) in [4.78, 5) is 0. The van der Waals surface area contributed by atoms with Gasteiger partial charge < -0.3 is 4.74 Å². The number of alkyl halides is 1. The smallest absolute Gasteiger partial charge is 0.131 e. The van der Waals surface area contributed by atoms with Crippen molar-refractivity contribution in [3.63, 3.8) is 0 Å². The topological polar surface area (TPSA) is 9.23 Å². The molecule has 0 fully saturated rings. The highest BCUT2D eigenvalue weighted by Crippen LogP contribution is 2.36. The second-order valence-electron chi connectivity index (χ2n) is 6.09. The summed E-state index contributed by atoms with van der Waals surface area (Å²) in [6.07, 6.45) is 0. The van der Waals surface area contributed by atoms with Crippen LogP contribution in [0.15, 0.2) is 42.5 Å². The molecule has 0 saturated heterocycles. The normalized spacial score (nSPS) is 11.4. The molecule has 0 bridgehead atoms. The highest BCUT2D eigenvalue weighted by Gasteiger charge is 2.20. The first-order chi connectivity index (χ1) is 9.41. The van der Waals surface area contributed by atoms with Crippen LogP contribution in [-0.4, -0.2) is 0 Å². The highest BCUT2D eigenvalue weighted by molar-refractivity contribution is 9.08. The number of rotatable bonds is 3. The maximum absolute atomic E-state index is 6.18. The summed E-state index contributed by atoms with van der Waals surface area (Å²) in [5.41, 5.74) is 3.72. The number of hydrogen-bond donors (Lipinski definition) is 0. The van der Waals surface area contributed by atoms with Crippen LogP contribution in [0.2, 0.25) is 0 Å². The van der Waals surface area contributed by atoms with Crippen LogP contribution in [0.1, 0.15) is 37.5 Å². The third kappa shape index (κ3) is 3.43. The molecule has 2 rings (SSSR count). The average Bonchev–Trinajstić information content (AvgIpc) is 2.40. The van der Waals surface area contributed by atoms with Crippen molar-refractivity contribution < 1.29 is 4.74 Å². The molecular weight excluding hydrogens is 312 g/mol. The predicted octanol–water partition coefficient (Wildman–Crippen LogP) is 5.98. The summed E-state index contributed by atoms with van der Waals surface area (Å²) in [6.45, 7) is 8.76. The Morgan fingerprint density at radius 2 is 1.70 bits per heavy atom. The molecule has 2 aromatic carbocycles. The first kappa shape index (κ1) is 15.1. The number of benzene rings is 2. The van der Waals surface area contributed by atoms with Crippen molar-refractivity contribution in [3.8, 4) is 11.5 Å². The molecule has 20 heavy (non-hydrogen) atoms. The van der Waals surface area contributed by atoms with E-state index in [1.807, 2.05) is 18.2 Å². The van der Waals surface area contributed by atoms with Gasteiger partial charge in [-0.25, -0.2) is 0 Å². The zero-order valence-electron chi connectivity index (χ0n) is 12.5. The minimum absolute atomic E-state index is 0.0602. The van der Waals surface area contributed by atoms with Gasteiger partial charge in [0.1, 0.15) is 11.5 Å². The molecule has 0 saturated carbocycles. The Bertz CT molecular complexity index is 597. The van der Waals surface area contributed by atoms with E-state index in [4.69, 9.17) is 4.74 Å². The molecule has 106 valence electrons. The summed E-state index contributed by atoms with van der Waals surface area (Å²) < 4.78 is 6.18. The van der Waals surface area contributed by atoms with Crippen LogP contribution in [0.5, 0.6) is 11.5 Å². The Kier molecular flexibility index (Phi) is 4.54. The molecule has 0 aromatic heterocycles. The van der Waals surface area contributed by atoms with Crippen molar-refractivity contribution in [1.29, 1.82) is 0 Å². The fraction of sp³-hybridized carbons (Fsp3) is 0.333. The average molecular weight is 333 g/mol. The van der Waals surface area contributed by atoms with E-state index in [0.717, 1.165) is 22.4 Å². The third-order valence-corrected chi connectivity index (χ3v) is 3.88. The van der Waals surface area contributed by atoms with Crippen molar-refractivity contribution in [2.75, 3.05) is 0 Å². The summed E-state index contributed by atoms with van der Waals surface area (Å²) in [5, 5.41) is 0.792. The molecule has 2 heteroatoms. The molecule has 0 amide bonds. The SMILES string of the molecule is Cc1ccc(Oc2ccccc2CBr)c(C(C)(C)C)c1. The Hall–Kier alpha value is -1.28. The molecule has 0 radical (unpaired) electrons. The molecule has 0 aliphatic heterocycles.